The number of nitrogens with one attached hydrogen (secondary N) is 1. The highest BCUT2D eigenvalue weighted by Gasteiger charge is 2.28. The number of rotatable bonds is 5. The molecule has 1 aliphatic heterocycles. The van der Waals surface area contributed by atoms with Gasteiger partial charge in [-0.3, -0.25) is 9.69 Å². The van der Waals surface area contributed by atoms with Gasteiger partial charge < -0.3 is 10.2 Å². The molecule has 2 heterocycles. The minimum absolute atomic E-state index is 0.180. The molecule has 1 amide bonds. The first-order valence-electron chi connectivity index (χ1n) is 7.18. The van der Waals surface area contributed by atoms with Crippen LogP contribution in [0.25, 0.3) is 0 Å². The molecule has 110 valence electrons. The summed E-state index contributed by atoms with van der Waals surface area (Å²) >= 11 is 0. The zero-order valence-corrected chi connectivity index (χ0v) is 11.8. The lowest BCUT2D eigenvalue weighted by Gasteiger charge is -2.29. The first kappa shape index (κ1) is 13.4. The van der Waals surface area contributed by atoms with E-state index in [9.17, 15) is 4.79 Å². The van der Waals surface area contributed by atoms with Gasteiger partial charge in [-0.2, -0.15) is 0 Å². The maximum Gasteiger partial charge on any atom is 0.236 e. The Hall–Kier alpha value is -1.54. The number of hydrogen-bond donors (Lipinski definition) is 1. The van der Waals surface area contributed by atoms with Crippen molar-refractivity contribution in [3.05, 3.63) is 5.82 Å². The summed E-state index contributed by atoms with van der Waals surface area (Å²) in [6, 6.07) is 0.470. The largest absolute Gasteiger partial charge is 0.339 e. The van der Waals surface area contributed by atoms with Crippen molar-refractivity contribution in [2.75, 3.05) is 39.8 Å². The van der Waals surface area contributed by atoms with E-state index >= 15 is 0 Å². The lowest BCUT2D eigenvalue weighted by molar-refractivity contribution is -0.132. The van der Waals surface area contributed by atoms with Gasteiger partial charge in [0.2, 0.25) is 5.91 Å². The lowest BCUT2D eigenvalue weighted by atomic mass is 10.3. The third-order valence-electron chi connectivity index (χ3n) is 3.74. The second-order valence-electron chi connectivity index (χ2n) is 5.57. The number of carbonyl (C=O) groups is 1. The number of aromatic nitrogens is 4. The Labute approximate surface area is 118 Å². The minimum Gasteiger partial charge on any atom is -0.339 e. The molecule has 3 rings (SSSR count). The molecule has 1 N–H and O–H groups in total. The third kappa shape index (κ3) is 3.13. The smallest absolute Gasteiger partial charge is 0.236 e. The van der Waals surface area contributed by atoms with E-state index in [1.165, 1.54) is 0 Å². The average molecular weight is 279 g/mol. The summed E-state index contributed by atoms with van der Waals surface area (Å²) < 4.78 is 1.89. The highest BCUT2D eigenvalue weighted by atomic mass is 16.2. The maximum absolute atomic E-state index is 12.2. The fraction of sp³-hybridized carbons (Fsp3) is 0.833. The maximum atomic E-state index is 12.2. The predicted molar refractivity (Wildman–Crippen MR) is 71.9 cm³/mol. The van der Waals surface area contributed by atoms with Gasteiger partial charge in [0.15, 0.2) is 5.82 Å². The summed E-state index contributed by atoms with van der Waals surface area (Å²) in [6.07, 6.45) is 2.31. The zero-order valence-electron chi connectivity index (χ0n) is 11.8. The monoisotopic (exact) mass is 279 g/mol. The summed E-state index contributed by atoms with van der Waals surface area (Å²) in [5.41, 5.74) is 0. The number of piperazine rings is 1. The van der Waals surface area contributed by atoms with Gasteiger partial charge in [0.25, 0.3) is 0 Å². The van der Waals surface area contributed by atoms with Crippen molar-refractivity contribution in [3.8, 4) is 0 Å². The molecule has 0 spiro atoms. The molecule has 2 fully saturated rings. The van der Waals surface area contributed by atoms with E-state index in [2.05, 4.69) is 20.8 Å². The number of nitrogens with zero attached hydrogens (tertiary/aromatic N) is 6. The predicted octanol–water partition coefficient (Wildman–Crippen LogP) is -1.13. The van der Waals surface area contributed by atoms with Crippen LogP contribution in [0.4, 0.5) is 0 Å². The topological polar surface area (TPSA) is 79.2 Å². The molecular formula is C12H21N7O. The molecule has 1 aliphatic carbocycles. The van der Waals surface area contributed by atoms with Gasteiger partial charge in [-0.05, 0) is 30.3 Å². The highest BCUT2D eigenvalue weighted by Crippen LogP contribution is 2.34. The highest BCUT2D eigenvalue weighted by molar-refractivity contribution is 5.78. The number of carbonyl (C=O) groups excluding carboxylic acids is 1. The molecule has 1 aromatic heterocycles. The second kappa shape index (κ2) is 5.84. The quantitative estimate of drug-likeness (QED) is 0.735. The molecule has 2 aliphatic rings. The minimum atomic E-state index is 0.180. The first-order chi connectivity index (χ1) is 9.74. The Kier molecular flexibility index (Phi) is 3.93. The molecular weight excluding hydrogens is 258 g/mol. The van der Waals surface area contributed by atoms with Crippen LogP contribution >= 0.6 is 0 Å². The van der Waals surface area contributed by atoms with E-state index in [1.54, 1.807) is 0 Å². The van der Waals surface area contributed by atoms with Gasteiger partial charge in [0.05, 0.1) is 19.1 Å². The Morgan fingerprint density at radius 2 is 2.15 bits per heavy atom. The van der Waals surface area contributed by atoms with Gasteiger partial charge >= 0.3 is 0 Å². The molecule has 1 saturated heterocycles. The van der Waals surface area contributed by atoms with Crippen LogP contribution in [0, 0.1) is 0 Å². The van der Waals surface area contributed by atoms with Crippen LogP contribution in [0.1, 0.15) is 24.7 Å². The molecule has 0 radical (unpaired) electrons. The van der Waals surface area contributed by atoms with Gasteiger partial charge in [0.1, 0.15) is 0 Å². The van der Waals surface area contributed by atoms with Crippen molar-refractivity contribution >= 4 is 5.91 Å². The van der Waals surface area contributed by atoms with Gasteiger partial charge in [-0.25, -0.2) is 4.68 Å². The van der Waals surface area contributed by atoms with E-state index in [0.717, 1.165) is 44.8 Å². The van der Waals surface area contributed by atoms with E-state index in [-0.39, 0.29) is 5.91 Å². The molecule has 8 nitrogen and oxygen atoms in total. The number of tetrazole rings is 1. The van der Waals surface area contributed by atoms with Crippen LogP contribution in [0.2, 0.25) is 0 Å². The summed E-state index contributed by atoms with van der Waals surface area (Å²) in [7, 11) is 1.94. The third-order valence-corrected chi connectivity index (χ3v) is 3.74. The van der Waals surface area contributed by atoms with Crippen LogP contribution in [-0.2, 0) is 11.3 Å². The van der Waals surface area contributed by atoms with Gasteiger partial charge in [-0.1, -0.05) is 0 Å². The van der Waals surface area contributed by atoms with Crippen molar-refractivity contribution in [3.63, 3.8) is 0 Å². The number of likely N-dealkylation sites (N-methyl/N-ethyl adjacent to an activating group) is 1. The van der Waals surface area contributed by atoms with E-state index in [0.29, 0.717) is 19.1 Å². The second-order valence-corrected chi connectivity index (χ2v) is 5.57. The van der Waals surface area contributed by atoms with Crippen LogP contribution in [-0.4, -0.2) is 75.7 Å². The van der Waals surface area contributed by atoms with Gasteiger partial charge in [0, 0.05) is 26.2 Å². The average Bonchev–Trinajstić information content (AvgIpc) is 3.20. The Bertz CT molecular complexity index is 464. The summed E-state index contributed by atoms with van der Waals surface area (Å²) in [4.78, 5) is 16.1. The van der Waals surface area contributed by atoms with E-state index in [1.807, 2.05) is 21.5 Å². The van der Waals surface area contributed by atoms with Crippen molar-refractivity contribution in [1.29, 1.82) is 0 Å². The molecule has 8 heteroatoms. The molecule has 0 aromatic carbocycles. The van der Waals surface area contributed by atoms with E-state index in [4.69, 9.17) is 0 Å². The normalized spacial score (nSPS) is 19.6. The molecule has 1 aromatic rings. The fourth-order valence-electron chi connectivity index (χ4n) is 2.46. The van der Waals surface area contributed by atoms with Crippen molar-refractivity contribution in [2.45, 2.75) is 25.4 Å². The van der Waals surface area contributed by atoms with Gasteiger partial charge in [-0.15, -0.1) is 5.10 Å². The number of amides is 1. The summed E-state index contributed by atoms with van der Waals surface area (Å²) in [5, 5.41) is 15.1. The molecule has 0 bridgehead atoms. The Morgan fingerprint density at radius 3 is 2.85 bits per heavy atom. The molecule has 20 heavy (non-hydrogen) atoms. The Balaban J connectivity index is 1.52. The van der Waals surface area contributed by atoms with Crippen LogP contribution in [0.3, 0.4) is 0 Å². The van der Waals surface area contributed by atoms with Crippen molar-refractivity contribution in [1.82, 2.24) is 35.3 Å². The van der Waals surface area contributed by atoms with E-state index < -0.39 is 0 Å². The first-order valence-corrected chi connectivity index (χ1v) is 7.18. The molecule has 1 saturated carbocycles. The van der Waals surface area contributed by atoms with Crippen LogP contribution < -0.4 is 5.32 Å². The zero-order chi connectivity index (χ0) is 13.9. The fourth-order valence-corrected chi connectivity index (χ4v) is 2.46. The SMILES string of the molecule is CN(CC(=O)N1CCNCC1)Cc1nnnn1C1CC1. The molecule has 0 atom stereocenters. The summed E-state index contributed by atoms with van der Waals surface area (Å²) in [6.45, 7) is 4.39. The van der Waals surface area contributed by atoms with Crippen LogP contribution in [0.5, 0.6) is 0 Å². The van der Waals surface area contributed by atoms with Crippen molar-refractivity contribution < 1.29 is 4.79 Å². The lowest BCUT2D eigenvalue weighted by Crippen LogP contribution is -2.49. The summed E-state index contributed by atoms with van der Waals surface area (Å²) in [5.74, 6) is 1.03. The molecule has 0 unspecified atom stereocenters. The number of hydrogen-bond acceptors (Lipinski definition) is 6. The van der Waals surface area contributed by atoms with Crippen molar-refractivity contribution in [2.24, 2.45) is 0 Å². The standard InChI is InChI=1S/C12H21N7O/c1-17(9-12(20)18-6-4-13-5-7-18)8-11-14-15-16-19(11)10-2-3-10/h10,13H,2-9H2,1H3. The van der Waals surface area contributed by atoms with Crippen LogP contribution in [0.15, 0.2) is 0 Å². The Morgan fingerprint density at radius 1 is 1.40 bits per heavy atom.